The average Bonchev–Trinajstić information content (AvgIpc) is 2.82. The van der Waals surface area contributed by atoms with Gasteiger partial charge in [0.05, 0.1) is 7.11 Å². The smallest absolute Gasteiger partial charge is 0.326 e. The zero-order valence-corrected chi connectivity index (χ0v) is 18.7. The Bertz CT molecular complexity index is 1120. The Labute approximate surface area is 193 Å². The van der Waals surface area contributed by atoms with Gasteiger partial charge in [0, 0.05) is 12.5 Å². The normalized spacial score (nSPS) is 11.7. The predicted molar refractivity (Wildman–Crippen MR) is 127 cm³/mol. The van der Waals surface area contributed by atoms with E-state index in [4.69, 9.17) is 9.47 Å². The molecule has 0 aliphatic carbocycles. The standard InChI is InChI=1S/C27H27NO5/c1-19-8-6-7-11-22(19)18-33-24-14-12-21(17-25(24)32-2)13-15-26(29)28-23(27(30)31)16-20-9-4-3-5-10-20/h3-15,17,23H,16,18H2,1-2H3,(H,28,29)(H,30,31)/b15-13+/t23-/m1/s1. The fourth-order valence-corrected chi connectivity index (χ4v) is 3.28. The van der Waals surface area contributed by atoms with Gasteiger partial charge in [-0.3, -0.25) is 4.79 Å². The second kappa shape index (κ2) is 11.5. The number of amides is 1. The zero-order chi connectivity index (χ0) is 23.6. The molecule has 6 heteroatoms. The van der Waals surface area contributed by atoms with Crippen molar-refractivity contribution in [1.82, 2.24) is 5.32 Å². The third-order valence-electron chi connectivity index (χ3n) is 5.16. The molecule has 0 radical (unpaired) electrons. The summed E-state index contributed by atoms with van der Waals surface area (Å²) in [6.45, 7) is 2.45. The quantitative estimate of drug-likeness (QED) is 0.452. The Kier molecular flexibility index (Phi) is 8.24. The van der Waals surface area contributed by atoms with Crippen LogP contribution in [0.4, 0.5) is 0 Å². The van der Waals surface area contributed by atoms with Crippen molar-refractivity contribution in [2.45, 2.75) is 26.0 Å². The summed E-state index contributed by atoms with van der Waals surface area (Å²) in [5.74, 6) is -0.440. The van der Waals surface area contributed by atoms with Crippen molar-refractivity contribution in [1.29, 1.82) is 0 Å². The zero-order valence-electron chi connectivity index (χ0n) is 18.7. The van der Waals surface area contributed by atoms with Crippen molar-refractivity contribution in [2.75, 3.05) is 7.11 Å². The van der Waals surface area contributed by atoms with Crippen LogP contribution in [0.25, 0.3) is 6.08 Å². The Morgan fingerprint density at radius 3 is 2.42 bits per heavy atom. The molecule has 0 heterocycles. The van der Waals surface area contributed by atoms with Gasteiger partial charge in [-0.05, 0) is 47.4 Å². The molecule has 0 aromatic heterocycles. The lowest BCUT2D eigenvalue weighted by molar-refractivity contribution is -0.141. The first kappa shape index (κ1) is 23.6. The maximum Gasteiger partial charge on any atom is 0.326 e. The number of aliphatic carboxylic acids is 1. The third kappa shape index (κ3) is 6.97. The van der Waals surface area contributed by atoms with Gasteiger partial charge in [-0.25, -0.2) is 4.79 Å². The number of aryl methyl sites for hydroxylation is 1. The second-order valence-corrected chi connectivity index (χ2v) is 7.55. The molecule has 0 saturated heterocycles. The van der Waals surface area contributed by atoms with Crippen LogP contribution in [0.1, 0.15) is 22.3 Å². The largest absolute Gasteiger partial charge is 0.493 e. The maximum absolute atomic E-state index is 12.3. The van der Waals surface area contributed by atoms with E-state index in [0.29, 0.717) is 18.1 Å². The minimum Gasteiger partial charge on any atom is -0.493 e. The highest BCUT2D eigenvalue weighted by atomic mass is 16.5. The number of benzene rings is 3. The molecule has 2 N–H and O–H groups in total. The number of hydrogen-bond acceptors (Lipinski definition) is 4. The summed E-state index contributed by atoms with van der Waals surface area (Å²) in [6, 6.07) is 21.5. The third-order valence-corrected chi connectivity index (χ3v) is 5.16. The molecule has 0 fully saturated rings. The SMILES string of the molecule is COc1cc(/C=C/C(=O)N[C@H](Cc2ccccc2)C(=O)O)ccc1OCc1ccccc1C. The van der Waals surface area contributed by atoms with Crippen LogP contribution in [-0.4, -0.2) is 30.1 Å². The lowest BCUT2D eigenvalue weighted by atomic mass is 10.1. The monoisotopic (exact) mass is 445 g/mol. The summed E-state index contributed by atoms with van der Waals surface area (Å²) in [4.78, 5) is 23.9. The molecule has 3 aromatic rings. The van der Waals surface area contributed by atoms with Crippen molar-refractivity contribution in [2.24, 2.45) is 0 Å². The van der Waals surface area contributed by atoms with Crippen molar-refractivity contribution in [3.63, 3.8) is 0 Å². The lowest BCUT2D eigenvalue weighted by Gasteiger charge is -2.13. The molecule has 0 unspecified atom stereocenters. The lowest BCUT2D eigenvalue weighted by Crippen LogP contribution is -2.41. The highest BCUT2D eigenvalue weighted by molar-refractivity contribution is 5.94. The molecule has 0 spiro atoms. The van der Waals surface area contributed by atoms with Gasteiger partial charge in [0.15, 0.2) is 11.5 Å². The second-order valence-electron chi connectivity index (χ2n) is 7.55. The van der Waals surface area contributed by atoms with Crippen molar-refractivity contribution >= 4 is 18.0 Å². The first-order valence-corrected chi connectivity index (χ1v) is 10.6. The van der Waals surface area contributed by atoms with E-state index in [1.54, 1.807) is 31.4 Å². The van der Waals surface area contributed by atoms with Gasteiger partial charge in [-0.1, -0.05) is 60.7 Å². The minimum absolute atomic E-state index is 0.205. The van der Waals surface area contributed by atoms with Crippen molar-refractivity contribution in [3.8, 4) is 11.5 Å². The van der Waals surface area contributed by atoms with Crippen molar-refractivity contribution in [3.05, 3.63) is 101 Å². The average molecular weight is 446 g/mol. The number of methoxy groups -OCH3 is 1. The number of ether oxygens (including phenoxy) is 2. The van der Waals surface area contributed by atoms with Gasteiger partial charge >= 0.3 is 5.97 Å². The van der Waals surface area contributed by atoms with E-state index < -0.39 is 17.9 Å². The number of hydrogen-bond donors (Lipinski definition) is 2. The van der Waals surface area contributed by atoms with Gasteiger partial charge in [0.25, 0.3) is 0 Å². The van der Waals surface area contributed by atoms with Crippen LogP contribution in [-0.2, 0) is 22.6 Å². The van der Waals surface area contributed by atoms with Gasteiger partial charge in [0.1, 0.15) is 12.6 Å². The van der Waals surface area contributed by atoms with Gasteiger partial charge in [-0.2, -0.15) is 0 Å². The Hall–Kier alpha value is -4.06. The first-order valence-electron chi connectivity index (χ1n) is 10.6. The number of carbonyl (C=O) groups is 2. The van der Waals surface area contributed by atoms with E-state index in [2.05, 4.69) is 5.32 Å². The van der Waals surface area contributed by atoms with E-state index >= 15 is 0 Å². The minimum atomic E-state index is -1.09. The van der Waals surface area contributed by atoms with E-state index in [9.17, 15) is 14.7 Å². The number of carboxylic acids is 1. The number of carboxylic acid groups (broad SMARTS) is 1. The Morgan fingerprint density at radius 2 is 1.73 bits per heavy atom. The van der Waals surface area contributed by atoms with Crippen LogP contribution in [0.3, 0.4) is 0 Å². The van der Waals surface area contributed by atoms with E-state index in [1.807, 2.05) is 61.5 Å². The molecule has 6 nitrogen and oxygen atoms in total. The molecule has 33 heavy (non-hydrogen) atoms. The molecule has 0 bridgehead atoms. The predicted octanol–water partition coefficient (Wildman–Crippen LogP) is 4.41. The summed E-state index contributed by atoms with van der Waals surface area (Å²) in [5.41, 5.74) is 3.79. The molecular formula is C27H27NO5. The number of rotatable bonds is 10. The van der Waals surface area contributed by atoms with Crippen LogP contribution < -0.4 is 14.8 Å². The number of nitrogens with one attached hydrogen (secondary N) is 1. The van der Waals surface area contributed by atoms with Crippen LogP contribution in [0.5, 0.6) is 11.5 Å². The fourth-order valence-electron chi connectivity index (χ4n) is 3.28. The van der Waals surface area contributed by atoms with Gasteiger partial charge < -0.3 is 19.9 Å². The summed E-state index contributed by atoms with van der Waals surface area (Å²) in [7, 11) is 1.55. The Balaban J connectivity index is 1.63. The molecule has 0 saturated carbocycles. The highest BCUT2D eigenvalue weighted by Crippen LogP contribution is 2.29. The van der Waals surface area contributed by atoms with Crippen LogP contribution in [0.15, 0.2) is 78.9 Å². The Morgan fingerprint density at radius 1 is 1.00 bits per heavy atom. The van der Waals surface area contributed by atoms with Gasteiger partial charge in [0.2, 0.25) is 5.91 Å². The summed E-state index contributed by atoms with van der Waals surface area (Å²) in [5, 5.41) is 12.0. The molecular weight excluding hydrogens is 418 g/mol. The highest BCUT2D eigenvalue weighted by Gasteiger charge is 2.19. The summed E-state index contributed by atoms with van der Waals surface area (Å²) in [6.07, 6.45) is 3.12. The molecule has 0 aliphatic rings. The van der Waals surface area contributed by atoms with Crippen molar-refractivity contribution < 1.29 is 24.2 Å². The van der Waals surface area contributed by atoms with E-state index in [1.165, 1.54) is 6.08 Å². The number of carbonyl (C=O) groups excluding carboxylic acids is 1. The van der Waals surface area contributed by atoms with Gasteiger partial charge in [-0.15, -0.1) is 0 Å². The molecule has 3 rings (SSSR count). The maximum atomic E-state index is 12.3. The molecule has 1 atom stereocenters. The molecule has 1 amide bonds. The van der Waals surface area contributed by atoms with Crippen LogP contribution in [0, 0.1) is 6.92 Å². The van der Waals surface area contributed by atoms with Crippen LogP contribution in [0.2, 0.25) is 0 Å². The first-order chi connectivity index (χ1) is 16.0. The van der Waals surface area contributed by atoms with Crippen LogP contribution >= 0.6 is 0 Å². The van der Waals surface area contributed by atoms with E-state index in [0.717, 1.165) is 22.3 Å². The molecule has 3 aromatic carbocycles. The molecule has 170 valence electrons. The topological polar surface area (TPSA) is 84.9 Å². The van der Waals surface area contributed by atoms with E-state index in [-0.39, 0.29) is 6.42 Å². The summed E-state index contributed by atoms with van der Waals surface area (Å²) < 4.78 is 11.4. The fraction of sp³-hybridized carbons (Fsp3) is 0.185. The summed E-state index contributed by atoms with van der Waals surface area (Å²) >= 11 is 0. The molecule has 0 aliphatic heterocycles.